The molecule has 1 fully saturated rings. The fraction of sp³-hybridized carbons (Fsp3) is 0.136. The Labute approximate surface area is 156 Å². The molecule has 134 valence electrons. The summed E-state index contributed by atoms with van der Waals surface area (Å²) in [4.78, 5) is 19.1. The van der Waals surface area contributed by atoms with E-state index in [-0.39, 0.29) is 17.7 Å². The van der Waals surface area contributed by atoms with Crippen LogP contribution in [0.5, 0.6) is 5.75 Å². The van der Waals surface area contributed by atoms with Crippen molar-refractivity contribution in [3.05, 3.63) is 83.5 Å². The first-order valence-corrected chi connectivity index (χ1v) is 8.94. The molecule has 3 heterocycles. The number of benzene rings is 1. The maximum atomic E-state index is 12.7. The Balaban J connectivity index is 1.60. The Kier molecular flexibility index (Phi) is 3.53. The fourth-order valence-electron chi connectivity index (χ4n) is 4.06. The predicted octanol–water partition coefficient (Wildman–Crippen LogP) is 3.87. The van der Waals surface area contributed by atoms with Gasteiger partial charge in [-0.05, 0) is 47.4 Å². The number of carbonyl (C=O) groups is 1. The summed E-state index contributed by atoms with van der Waals surface area (Å²) in [5.41, 5.74) is 4.79. The van der Waals surface area contributed by atoms with Crippen LogP contribution in [0, 0.1) is 5.92 Å². The van der Waals surface area contributed by atoms with Crippen LogP contribution in [0.3, 0.4) is 0 Å². The van der Waals surface area contributed by atoms with Gasteiger partial charge in [0, 0.05) is 41.0 Å². The van der Waals surface area contributed by atoms with E-state index in [9.17, 15) is 4.79 Å². The lowest BCUT2D eigenvalue weighted by Crippen LogP contribution is -2.16. The molecule has 3 aromatic rings. The van der Waals surface area contributed by atoms with Crippen molar-refractivity contribution in [1.29, 1.82) is 0 Å². The average Bonchev–Trinajstić information content (AvgIpc) is 3.40. The van der Waals surface area contributed by atoms with Gasteiger partial charge in [0.15, 0.2) is 0 Å². The standard InChI is InChI=1S/C22H19N3O2/c1-27-20-8-10-24-19(20)12-16-21-15(3-2-4-18(21)25-22(16)26)13-5-6-17-14(11-13)7-9-23-17/h2-12,15,21,23-24H,1H3,(H,25,26). The van der Waals surface area contributed by atoms with E-state index in [4.69, 9.17) is 4.74 Å². The fourth-order valence-corrected chi connectivity index (χ4v) is 4.06. The Bertz CT molecular complexity index is 1130. The molecule has 2 unspecified atom stereocenters. The van der Waals surface area contributed by atoms with Crippen molar-refractivity contribution in [2.45, 2.75) is 5.92 Å². The lowest BCUT2D eigenvalue weighted by molar-refractivity contribution is -0.115. The quantitative estimate of drug-likeness (QED) is 0.623. The van der Waals surface area contributed by atoms with Crippen LogP contribution in [-0.2, 0) is 4.79 Å². The van der Waals surface area contributed by atoms with Crippen LogP contribution in [0.2, 0.25) is 0 Å². The minimum absolute atomic E-state index is 0.0353. The molecule has 1 aliphatic heterocycles. The first kappa shape index (κ1) is 15.8. The number of H-pyrrole nitrogens is 2. The number of fused-ring (bicyclic) bond motifs is 2. The van der Waals surface area contributed by atoms with Crippen LogP contribution in [0.15, 0.2) is 72.2 Å². The van der Waals surface area contributed by atoms with E-state index in [0.717, 1.165) is 28.2 Å². The van der Waals surface area contributed by atoms with Crippen molar-refractivity contribution in [3.8, 4) is 5.75 Å². The summed E-state index contributed by atoms with van der Waals surface area (Å²) in [6, 6.07) is 10.3. The number of carbonyl (C=O) groups excluding carboxylic acids is 1. The molecule has 2 aromatic heterocycles. The van der Waals surface area contributed by atoms with E-state index < -0.39 is 0 Å². The molecule has 3 N–H and O–H groups in total. The number of aromatic amines is 2. The number of methoxy groups -OCH3 is 1. The summed E-state index contributed by atoms with van der Waals surface area (Å²) in [6.45, 7) is 0. The van der Waals surface area contributed by atoms with E-state index in [0.29, 0.717) is 0 Å². The Morgan fingerprint density at radius 2 is 2.00 bits per heavy atom. The zero-order chi connectivity index (χ0) is 18.4. The van der Waals surface area contributed by atoms with E-state index in [2.05, 4.69) is 45.6 Å². The molecule has 2 atom stereocenters. The number of rotatable bonds is 3. The largest absolute Gasteiger partial charge is 0.495 e. The van der Waals surface area contributed by atoms with Crippen LogP contribution in [0.4, 0.5) is 0 Å². The summed E-state index contributed by atoms with van der Waals surface area (Å²) in [5.74, 6) is 0.728. The number of hydrogen-bond acceptors (Lipinski definition) is 2. The summed E-state index contributed by atoms with van der Waals surface area (Å²) in [6.07, 6.45) is 11.8. The normalized spacial score (nSPS) is 22.8. The second-order valence-corrected chi connectivity index (χ2v) is 6.85. The zero-order valence-electron chi connectivity index (χ0n) is 14.8. The summed E-state index contributed by atoms with van der Waals surface area (Å²) in [5, 5.41) is 4.20. The molecule has 0 bridgehead atoms. The SMILES string of the molecule is COc1cc[nH]c1C=C1C(=O)NC2=CC=CC(c3ccc4[nH]ccc4c3)C21. The molecule has 0 saturated carbocycles. The number of nitrogens with one attached hydrogen (secondary N) is 3. The molecule has 5 rings (SSSR count). The molecule has 5 heteroatoms. The van der Waals surface area contributed by atoms with E-state index in [1.165, 1.54) is 10.9 Å². The molecule has 1 aliphatic carbocycles. The Morgan fingerprint density at radius 1 is 1.11 bits per heavy atom. The lowest BCUT2D eigenvalue weighted by atomic mass is 9.78. The minimum Gasteiger partial charge on any atom is -0.495 e. The third-order valence-corrected chi connectivity index (χ3v) is 5.36. The Hall–Kier alpha value is -3.47. The van der Waals surface area contributed by atoms with E-state index in [1.54, 1.807) is 7.11 Å². The van der Waals surface area contributed by atoms with Crippen molar-refractivity contribution >= 4 is 22.9 Å². The first-order valence-electron chi connectivity index (χ1n) is 8.94. The molecule has 2 aliphatic rings. The van der Waals surface area contributed by atoms with Crippen LogP contribution in [0.1, 0.15) is 17.2 Å². The van der Waals surface area contributed by atoms with Crippen LogP contribution in [0.25, 0.3) is 17.0 Å². The first-order chi connectivity index (χ1) is 13.2. The maximum absolute atomic E-state index is 12.7. The van der Waals surface area contributed by atoms with Crippen LogP contribution < -0.4 is 10.1 Å². The van der Waals surface area contributed by atoms with Gasteiger partial charge in [-0.1, -0.05) is 18.2 Å². The summed E-state index contributed by atoms with van der Waals surface area (Å²) < 4.78 is 5.38. The summed E-state index contributed by atoms with van der Waals surface area (Å²) in [7, 11) is 1.63. The third kappa shape index (κ3) is 2.51. The molecule has 0 radical (unpaired) electrons. The number of hydrogen-bond donors (Lipinski definition) is 3. The van der Waals surface area contributed by atoms with Gasteiger partial charge < -0.3 is 20.0 Å². The van der Waals surface area contributed by atoms with Crippen molar-refractivity contribution in [2.24, 2.45) is 5.92 Å². The van der Waals surface area contributed by atoms with Gasteiger partial charge in [-0.25, -0.2) is 0 Å². The molecular formula is C22H19N3O2. The average molecular weight is 357 g/mol. The van der Waals surface area contributed by atoms with Gasteiger partial charge >= 0.3 is 0 Å². The monoisotopic (exact) mass is 357 g/mol. The highest BCUT2D eigenvalue weighted by Crippen LogP contribution is 2.43. The smallest absolute Gasteiger partial charge is 0.252 e. The Morgan fingerprint density at radius 3 is 2.89 bits per heavy atom. The van der Waals surface area contributed by atoms with Gasteiger partial charge in [0.1, 0.15) is 5.75 Å². The maximum Gasteiger partial charge on any atom is 0.252 e. The zero-order valence-corrected chi connectivity index (χ0v) is 14.8. The highest BCUT2D eigenvalue weighted by atomic mass is 16.5. The second kappa shape index (κ2) is 6.06. The van der Waals surface area contributed by atoms with Gasteiger partial charge in [-0.2, -0.15) is 0 Å². The van der Waals surface area contributed by atoms with Crippen molar-refractivity contribution in [2.75, 3.05) is 7.11 Å². The second-order valence-electron chi connectivity index (χ2n) is 6.85. The lowest BCUT2D eigenvalue weighted by Gasteiger charge is -2.24. The van der Waals surface area contributed by atoms with Crippen LogP contribution in [-0.4, -0.2) is 23.0 Å². The van der Waals surface area contributed by atoms with Crippen molar-refractivity contribution < 1.29 is 9.53 Å². The van der Waals surface area contributed by atoms with Gasteiger partial charge in [-0.15, -0.1) is 0 Å². The number of allylic oxidation sites excluding steroid dienone is 4. The molecule has 1 amide bonds. The molecule has 1 aromatic carbocycles. The summed E-state index contributed by atoms with van der Waals surface area (Å²) >= 11 is 0. The van der Waals surface area contributed by atoms with Crippen LogP contribution >= 0.6 is 0 Å². The molecule has 0 spiro atoms. The molecule has 1 saturated heterocycles. The molecule has 5 nitrogen and oxygen atoms in total. The number of amides is 1. The minimum atomic E-state index is -0.0562. The van der Waals surface area contributed by atoms with Crippen molar-refractivity contribution in [3.63, 3.8) is 0 Å². The third-order valence-electron chi connectivity index (χ3n) is 5.36. The highest BCUT2D eigenvalue weighted by molar-refractivity contribution is 6.03. The van der Waals surface area contributed by atoms with Gasteiger partial charge in [-0.3, -0.25) is 4.79 Å². The highest BCUT2D eigenvalue weighted by Gasteiger charge is 2.39. The van der Waals surface area contributed by atoms with Crippen molar-refractivity contribution in [1.82, 2.24) is 15.3 Å². The number of aromatic nitrogens is 2. The topological polar surface area (TPSA) is 69.9 Å². The molecular weight excluding hydrogens is 338 g/mol. The predicted molar refractivity (Wildman–Crippen MR) is 105 cm³/mol. The molecule has 27 heavy (non-hydrogen) atoms. The van der Waals surface area contributed by atoms with E-state index >= 15 is 0 Å². The van der Waals surface area contributed by atoms with Gasteiger partial charge in [0.25, 0.3) is 5.91 Å². The van der Waals surface area contributed by atoms with Gasteiger partial charge in [0.05, 0.1) is 12.8 Å². The van der Waals surface area contributed by atoms with E-state index in [1.807, 2.05) is 36.7 Å². The number of ether oxygens (including phenoxy) is 1. The van der Waals surface area contributed by atoms with Gasteiger partial charge in [0.2, 0.25) is 0 Å².